The van der Waals surface area contributed by atoms with Crippen molar-refractivity contribution in [3.8, 4) is 0 Å². The molecule has 3 nitrogen and oxygen atoms in total. The topological polar surface area (TPSA) is 32.3 Å². The Labute approximate surface area is 123 Å². The maximum absolute atomic E-state index is 12.1. The number of nitrogens with one attached hydrogen (secondary N) is 1. The number of nitrogens with zero attached hydrogens (tertiary/aromatic N) is 1. The van der Waals surface area contributed by atoms with Gasteiger partial charge in [0.25, 0.3) is 0 Å². The highest BCUT2D eigenvalue weighted by atomic mass is 79.9. The van der Waals surface area contributed by atoms with Crippen LogP contribution in [0.5, 0.6) is 0 Å². The normalized spacial score (nSPS) is 10.1. The van der Waals surface area contributed by atoms with Crippen LogP contribution < -0.4 is 5.32 Å². The number of carbonyl (C=O) groups excluding carboxylic acids is 1. The third-order valence-corrected chi connectivity index (χ3v) is 3.41. The SMILES string of the molecule is C=C(C)CN(CC)C(=O)CNc1ccc(C)cc1Br. The quantitative estimate of drug-likeness (QED) is 0.811. The zero-order chi connectivity index (χ0) is 14.4. The maximum Gasteiger partial charge on any atom is 0.242 e. The third-order valence-electron chi connectivity index (χ3n) is 2.75. The van der Waals surface area contributed by atoms with E-state index in [9.17, 15) is 4.79 Å². The minimum absolute atomic E-state index is 0.0815. The Morgan fingerprint density at radius 2 is 2.16 bits per heavy atom. The van der Waals surface area contributed by atoms with Crippen molar-refractivity contribution in [1.29, 1.82) is 0 Å². The van der Waals surface area contributed by atoms with Gasteiger partial charge in [-0.2, -0.15) is 0 Å². The molecule has 1 rings (SSSR count). The molecule has 0 fully saturated rings. The van der Waals surface area contributed by atoms with Crippen molar-refractivity contribution >= 4 is 27.5 Å². The van der Waals surface area contributed by atoms with Crippen LogP contribution in [0.15, 0.2) is 34.8 Å². The van der Waals surface area contributed by atoms with Crippen LogP contribution in [0, 0.1) is 6.92 Å². The van der Waals surface area contributed by atoms with E-state index in [0.29, 0.717) is 19.6 Å². The minimum atomic E-state index is 0.0815. The number of hydrogen-bond acceptors (Lipinski definition) is 2. The maximum atomic E-state index is 12.1. The van der Waals surface area contributed by atoms with Gasteiger partial charge in [0.15, 0.2) is 0 Å². The fourth-order valence-electron chi connectivity index (χ4n) is 1.75. The van der Waals surface area contributed by atoms with Gasteiger partial charge in [0.2, 0.25) is 5.91 Å². The zero-order valence-corrected chi connectivity index (χ0v) is 13.4. The fraction of sp³-hybridized carbons (Fsp3) is 0.400. The van der Waals surface area contributed by atoms with Crippen LogP contribution in [0.1, 0.15) is 19.4 Å². The first kappa shape index (κ1) is 15.8. The highest BCUT2D eigenvalue weighted by Gasteiger charge is 2.11. The molecule has 0 spiro atoms. The molecule has 19 heavy (non-hydrogen) atoms. The van der Waals surface area contributed by atoms with Crippen LogP contribution in [-0.2, 0) is 4.79 Å². The van der Waals surface area contributed by atoms with Gasteiger partial charge in [-0.05, 0) is 54.4 Å². The second kappa shape index (κ2) is 7.34. The zero-order valence-electron chi connectivity index (χ0n) is 11.8. The van der Waals surface area contributed by atoms with Crippen molar-refractivity contribution in [2.45, 2.75) is 20.8 Å². The molecule has 0 saturated carbocycles. The number of anilines is 1. The summed E-state index contributed by atoms with van der Waals surface area (Å²) in [5.74, 6) is 0.0815. The number of halogens is 1. The number of amides is 1. The average Bonchev–Trinajstić information content (AvgIpc) is 2.34. The molecule has 0 aromatic heterocycles. The summed E-state index contributed by atoms with van der Waals surface area (Å²) in [5, 5.41) is 3.16. The Balaban J connectivity index is 2.60. The largest absolute Gasteiger partial charge is 0.375 e. The lowest BCUT2D eigenvalue weighted by Gasteiger charge is -2.21. The second-order valence-electron chi connectivity index (χ2n) is 4.70. The molecule has 0 aliphatic carbocycles. The number of aryl methyl sites for hydroxylation is 1. The number of carbonyl (C=O) groups is 1. The van der Waals surface area contributed by atoms with Crippen LogP contribution in [0.4, 0.5) is 5.69 Å². The van der Waals surface area contributed by atoms with Gasteiger partial charge in [-0.1, -0.05) is 18.2 Å². The first-order chi connectivity index (χ1) is 8.93. The van der Waals surface area contributed by atoms with Crippen LogP contribution in [0.25, 0.3) is 0 Å². The Bertz CT molecular complexity index is 471. The van der Waals surface area contributed by atoms with Crippen molar-refractivity contribution in [2.24, 2.45) is 0 Å². The summed E-state index contributed by atoms with van der Waals surface area (Å²) in [7, 11) is 0. The molecule has 104 valence electrons. The molecular formula is C15H21BrN2O. The predicted octanol–water partition coefficient (Wildman–Crippen LogP) is 3.59. The van der Waals surface area contributed by atoms with Gasteiger partial charge in [0, 0.05) is 23.2 Å². The fourth-order valence-corrected chi connectivity index (χ4v) is 2.38. The van der Waals surface area contributed by atoms with Gasteiger partial charge in [-0.25, -0.2) is 0 Å². The lowest BCUT2D eigenvalue weighted by molar-refractivity contribution is -0.128. The van der Waals surface area contributed by atoms with Crippen molar-refractivity contribution < 1.29 is 4.79 Å². The molecule has 1 aromatic rings. The molecule has 0 bridgehead atoms. The van der Waals surface area contributed by atoms with E-state index in [1.807, 2.05) is 39.0 Å². The number of likely N-dealkylation sites (N-methyl/N-ethyl adjacent to an activating group) is 1. The first-order valence-corrected chi connectivity index (χ1v) is 7.15. The van der Waals surface area contributed by atoms with Crippen LogP contribution in [0.2, 0.25) is 0 Å². The van der Waals surface area contributed by atoms with E-state index in [0.717, 1.165) is 15.7 Å². The highest BCUT2D eigenvalue weighted by molar-refractivity contribution is 9.10. The van der Waals surface area contributed by atoms with E-state index in [1.165, 1.54) is 5.56 Å². The standard InChI is InChI=1S/C15H21BrN2O/c1-5-18(10-11(2)3)15(19)9-17-14-7-6-12(4)8-13(14)16/h6-8,17H,2,5,9-10H2,1,3-4H3. The molecule has 0 aliphatic heterocycles. The Hall–Kier alpha value is -1.29. The number of hydrogen-bond donors (Lipinski definition) is 1. The molecule has 0 radical (unpaired) electrons. The molecule has 1 amide bonds. The van der Waals surface area contributed by atoms with Gasteiger partial charge in [-0.3, -0.25) is 4.79 Å². The molecule has 0 heterocycles. The summed E-state index contributed by atoms with van der Waals surface area (Å²) < 4.78 is 0.975. The Morgan fingerprint density at radius 1 is 1.47 bits per heavy atom. The molecule has 0 atom stereocenters. The molecular weight excluding hydrogens is 304 g/mol. The first-order valence-electron chi connectivity index (χ1n) is 6.36. The molecule has 4 heteroatoms. The molecule has 1 N–H and O–H groups in total. The lowest BCUT2D eigenvalue weighted by atomic mass is 10.2. The van der Waals surface area contributed by atoms with Crippen molar-refractivity contribution in [1.82, 2.24) is 4.90 Å². The van der Waals surface area contributed by atoms with Crippen LogP contribution >= 0.6 is 15.9 Å². The highest BCUT2D eigenvalue weighted by Crippen LogP contribution is 2.23. The van der Waals surface area contributed by atoms with Crippen molar-refractivity contribution in [3.05, 3.63) is 40.4 Å². The van der Waals surface area contributed by atoms with Gasteiger partial charge in [0.1, 0.15) is 0 Å². The summed E-state index contributed by atoms with van der Waals surface area (Å²) in [4.78, 5) is 13.9. The average molecular weight is 325 g/mol. The minimum Gasteiger partial charge on any atom is -0.375 e. The number of rotatable bonds is 6. The summed E-state index contributed by atoms with van der Waals surface area (Å²) in [6.07, 6.45) is 0. The van der Waals surface area contributed by atoms with E-state index < -0.39 is 0 Å². The van der Waals surface area contributed by atoms with Gasteiger partial charge in [0.05, 0.1) is 6.54 Å². The van der Waals surface area contributed by atoms with E-state index in [2.05, 4.69) is 27.8 Å². The van der Waals surface area contributed by atoms with Gasteiger partial charge < -0.3 is 10.2 Å². The molecule has 0 aliphatic rings. The molecule has 1 aromatic carbocycles. The van der Waals surface area contributed by atoms with E-state index in [4.69, 9.17) is 0 Å². The lowest BCUT2D eigenvalue weighted by Crippen LogP contribution is -2.36. The Kier molecular flexibility index (Phi) is 6.09. The van der Waals surface area contributed by atoms with Crippen molar-refractivity contribution in [2.75, 3.05) is 25.0 Å². The summed E-state index contributed by atoms with van der Waals surface area (Å²) in [5.41, 5.74) is 3.11. The number of benzene rings is 1. The van der Waals surface area contributed by atoms with E-state index in [1.54, 1.807) is 4.90 Å². The molecule has 0 unspecified atom stereocenters. The summed E-state index contributed by atoms with van der Waals surface area (Å²) >= 11 is 3.49. The van der Waals surface area contributed by atoms with E-state index in [-0.39, 0.29) is 5.91 Å². The van der Waals surface area contributed by atoms with Crippen molar-refractivity contribution in [3.63, 3.8) is 0 Å². The smallest absolute Gasteiger partial charge is 0.242 e. The third kappa shape index (κ3) is 5.07. The van der Waals surface area contributed by atoms with Crippen LogP contribution in [0.3, 0.4) is 0 Å². The van der Waals surface area contributed by atoms with Gasteiger partial charge >= 0.3 is 0 Å². The van der Waals surface area contributed by atoms with Gasteiger partial charge in [-0.15, -0.1) is 0 Å². The van der Waals surface area contributed by atoms with Crippen LogP contribution in [-0.4, -0.2) is 30.4 Å². The van der Waals surface area contributed by atoms with E-state index >= 15 is 0 Å². The monoisotopic (exact) mass is 324 g/mol. The summed E-state index contributed by atoms with van der Waals surface area (Å²) in [6, 6.07) is 6.02. The Morgan fingerprint density at radius 3 is 2.68 bits per heavy atom. The molecule has 0 saturated heterocycles. The second-order valence-corrected chi connectivity index (χ2v) is 5.56. The predicted molar refractivity (Wildman–Crippen MR) is 84.4 cm³/mol. The summed E-state index contributed by atoms with van der Waals surface area (Å²) in [6.45, 7) is 11.4.